The molecule has 0 saturated carbocycles. The molecule has 33 heavy (non-hydrogen) atoms. The van der Waals surface area contributed by atoms with Crippen molar-refractivity contribution in [3.8, 4) is 0 Å². The zero-order chi connectivity index (χ0) is 23.5. The van der Waals surface area contributed by atoms with Crippen LogP contribution < -0.4 is 10.9 Å². The van der Waals surface area contributed by atoms with Gasteiger partial charge in [0, 0.05) is 24.8 Å². The van der Waals surface area contributed by atoms with E-state index in [4.69, 9.17) is 17.3 Å². The van der Waals surface area contributed by atoms with Crippen LogP contribution in [0.2, 0.25) is 0 Å². The number of nitrogens with zero attached hydrogens (tertiary/aromatic N) is 3. The van der Waals surface area contributed by atoms with Crippen LogP contribution in [0.3, 0.4) is 0 Å². The number of hydrogen-bond acceptors (Lipinski definition) is 7. The second kappa shape index (κ2) is 9.55. The van der Waals surface area contributed by atoms with Crippen LogP contribution in [-0.2, 0) is 9.59 Å². The summed E-state index contributed by atoms with van der Waals surface area (Å²) in [5, 5.41) is 12.0. The minimum Gasteiger partial charge on any atom is -0.481 e. The van der Waals surface area contributed by atoms with Gasteiger partial charge in [-0.2, -0.15) is 0 Å². The number of carboxylic acids is 1. The summed E-state index contributed by atoms with van der Waals surface area (Å²) < 4.78 is 1.78. The van der Waals surface area contributed by atoms with Gasteiger partial charge in [0.2, 0.25) is 0 Å². The molecule has 0 aliphatic carbocycles. The van der Waals surface area contributed by atoms with Crippen molar-refractivity contribution in [2.24, 2.45) is 0 Å². The monoisotopic (exact) mass is 480 g/mol. The summed E-state index contributed by atoms with van der Waals surface area (Å²) in [5.41, 5.74) is 2.02. The molecule has 0 bridgehead atoms. The number of aliphatic carboxylic acids is 1. The Morgan fingerprint density at radius 2 is 1.97 bits per heavy atom. The molecule has 0 unspecified atom stereocenters. The van der Waals surface area contributed by atoms with E-state index in [0.29, 0.717) is 15.8 Å². The van der Waals surface area contributed by atoms with Crippen molar-refractivity contribution >= 4 is 63.4 Å². The number of hydrogen-bond donors (Lipinski definition) is 2. The first-order chi connectivity index (χ1) is 15.8. The van der Waals surface area contributed by atoms with Crippen LogP contribution in [0, 0.1) is 6.92 Å². The molecule has 168 valence electrons. The van der Waals surface area contributed by atoms with E-state index in [2.05, 4.69) is 10.3 Å². The molecule has 1 aromatic carbocycles. The second-order valence-electron chi connectivity index (χ2n) is 7.44. The maximum Gasteiger partial charge on any atom is 0.303 e. The lowest BCUT2D eigenvalue weighted by Crippen LogP contribution is -2.29. The predicted octanol–water partition coefficient (Wildman–Crippen LogP) is 3.81. The van der Waals surface area contributed by atoms with Gasteiger partial charge in [-0.25, -0.2) is 4.98 Å². The van der Waals surface area contributed by atoms with Crippen LogP contribution in [0.4, 0.5) is 11.5 Å². The molecule has 1 aliphatic heterocycles. The fraction of sp³-hybridized carbons (Fsp3) is 0.174. The highest BCUT2D eigenvalue weighted by atomic mass is 32.2. The number of aromatic nitrogens is 2. The molecule has 1 saturated heterocycles. The molecule has 0 atom stereocenters. The number of nitrogens with one attached hydrogen (secondary N) is 1. The average molecular weight is 481 g/mol. The van der Waals surface area contributed by atoms with Crippen molar-refractivity contribution in [1.82, 2.24) is 14.3 Å². The summed E-state index contributed by atoms with van der Waals surface area (Å²) in [6.45, 7) is 2.08. The Hall–Kier alpha value is -3.50. The first-order valence-corrected chi connectivity index (χ1v) is 11.4. The van der Waals surface area contributed by atoms with Gasteiger partial charge in [-0.15, -0.1) is 0 Å². The quantitative estimate of drug-likeness (QED) is 0.389. The Balaban J connectivity index is 1.76. The number of carboxylic acid groups (broad SMARTS) is 1. The van der Waals surface area contributed by atoms with Crippen molar-refractivity contribution in [1.29, 1.82) is 0 Å². The van der Waals surface area contributed by atoms with Gasteiger partial charge in [-0.1, -0.05) is 48.2 Å². The number of thioether (sulfide) groups is 1. The number of para-hydroxylation sites is 1. The van der Waals surface area contributed by atoms with Crippen molar-refractivity contribution in [2.45, 2.75) is 19.8 Å². The summed E-state index contributed by atoms with van der Waals surface area (Å²) in [6.07, 6.45) is 3.43. The van der Waals surface area contributed by atoms with Gasteiger partial charge in [-0.05, 0) is 43.2 Å². The molecule has 1 fully saturated rings. The Bertz CT molecular complexity index is 1350. The molecule has 2 aromatic heterocycles. The van der Waals surface area contributed by atoms with Crippen LogP contribution in [0.5, 0.6) is 0 Å². The van der Waals surface area contributed by atoms with Crippen molar-refractivity contribution in [3.63, 3.8) is 0 Å². The third-order valence-corrected chi connectivity index (χ3v) is 6.34. The first-order valence-electron chi connectivity index (χ1n) is 10.2. The Morgan fingerprint density at radius 1 is 1.21 bits per heavy atom. The lowest BCUT2D eigenvalue weighted by molar-refractivity contribution is -0.137. The molecule has 1 aliphatic rings. The number of anilines is 2. The third-order valence-electron chi connectivity index (χ3n) is 4.96. The van der Waals surface area contributed by atoms with E-state index >= 15 is 0 Å². The van der Waals surface area contributed by atoms with Crippen LogP contribution >= 0.6 is 24.0 Å². The average Bonchev–Trinajstić information content (AvgIpc) is 3.05. The Labute approximate surface area is 198 Å². The maximum absolute atomic E-state index is 13.4. The van der Waals surface area contributed by atoms with E-state index < -0.39 is 5.97 Å². The van der Waals surface area contributed by atoms with Crippen LogP contribution in [0.15, 0.2) is 58.4 Å². The maximum atomic E-state index is 13.4. The number of benzene rings is 1. The number of carbonyl (C=O) groups excluding carboxylic acids is 1. The molecule has 3 heterocycles. The number of amides is 1. The molecule has 2 N–H and O–H groups in total. The van der Waals surface area contributed by atoms with Crippen LogP contribution in [0.25, 0.3) is 11.7 Å². The minimum atomic E-state index is -0.932. The lowest BCUT2D eigenvalue weighted by atomic mass is 10.2. The summed E-state index contributed by atoms with van der Waals surface area (Å²) in [6, 6.07) is 12.9. The number of pyridine rings is 1. The largest absolute Gasteiger partial charge is 0.481 e. The van der Waals surface area contributed by atoms with Crippen molar-refractivity contribution in [3.05, 3.63) is 75.0 Å². The smallest absolute Gasteiger partial charge is 0.303 e. The van der Waals surface area contributed by atoms with E-state index in [0.717, 1.165) is 23.0 Å². The molecule has 8 nitrogen and oxygen atoms in total. The van der Waals surface area contributed by atoms with E-state index in [9.17, 15) is 14.4 Å². The first kappa shape index (κ1) is 22.7. The standard InChI is InChI=1S/C23H20N4O4S2/c1-14-9-10-18-25-20(24-15-6-3-2-4-7-15)16(21(30)27(18)13-14)12-17-22(31)26(23(32)33-17)11-5-8-19(28)29/h2-4,6-7,9-10,12-13,24H,5,8,11H2,1H3,(H,28,29)/b17-12-. The molecule has 1 amide bonds. The van der Waals surface area contributed by atoms with Crippen molar-refractivity contribution < 1.29 is 14.7 Å². The van der Waals surface area contributed by atoms with E-state index in [1.165, 1.54) is 15.4 Å². The fourth-order valence-corrected chi connectivity index (χ4v) is 4.64. The van der Waals surface area contributed by atoms with E-state index in [-0.39, 0.29) is 41.3 Å². The summed E-state index contributed by atoms with van der Waals surface area (Å²) in [7, 11) is 0. The number of fused-ring (bicyclic) bond motifs is 1. The highest BCUT2D eigenvalue weighted by Crippen LogP contribution is 2.33. The fourth-order valence-electron chi connectivity index (χ4n) is 3.35. The highest BCUT2D eigenvalue weighted by molar-refractivity contribution is 8.26. The van der Waals surface area contributed by atoms with Crippen molar-refractivity contribution in [2.75, 3.05) is 11.9 Å². The molecule has 4 rings (SSSR count). The number of rotatable bonds is 7. The topological polar surface area (TPSA) is 104 Å². The zero-order valence-corrected chi connectivity index (χ0v) is 19.3. The number of aryl methyl sites for hydroxylation is 1. The third kappa shape index (κ3) is 4.96. The van der Waals surface area contributed by atoms with Gasteiger partial charge in [0.15, 0.2) is 0 Å². The Kier molecular flexibility index (Phi) is 6.57. The molecule has 0 radical (unpaired) electrons. The SMILES string of the molecule is Cc1ccc2nc(Nc3ccccc3)c(/C=C3\SC(=S)N(CCCC(=O)O)C3=O)c(=O)n2c1. The zero-order valence-electron chi connectivity index (χ0n) is 17.6. The van der Waals surface area contributed by atoms with Gasteiger partial charge < -0.3 is 10.4 Å². The van der Waals surface area contributed by atoms with Gasteiger partial charge in [0.25, 0.3) is 11.5 Å². The van der Waals surface area contributed by atoms with Crippen LogP contribution in [0.1, 0.15) is 24.0 Å². The number of thiocarbonyl (C=S) groups is 1. The van der Waals surface area contributed by atoms with E-state index in [1.807, 2.05) is 43.3 Å². The molecule has 10 heteroatoms. The predicted molar refractivity (Wildman–Crippen MR) is 133 cm³/mol. The highest BCUT2D eigenvalue weighted by Gasteiger charge is 2.32. The van der Waals surface area contributed by atoms with Crippen LogP contribution in [-0.4, -0.2) is 42.1 Å². The normalized spacial score (nSPS) is 14.9. The lowest BCUT2D eigenvalue weighted by Gasteiger charge is -2.13. The molecule has 3 aromatic rings. The molecular formula is C23H20N4O4S2. The van der Waals surface area contributed by atoms with Gasteiger partial charge in [-0.3, -0.25) is 23.7 Å². The number of carbonyl (C=O) groups is 2. The summed E-state index contributed by atoms with van der Waals surface area (Å²) in [4.78, 5) is 43.4. The van der Waals surface area contributed by atoms with Gasteiger partial charge >= 0.3 is 5.97 Å². The van der Waals surface area contributed by atoms with Gasteiger partial charge in [0.1, 0.15) is 15.8 Å². The molecular weight excluding hydrogens is 460 g/mol. The molecule has 0 spiro atoms. The second-order valence-corrected chi connectivity index (χ2v) is 9.11. The van der Waals surface area contributed by atoms with Gasteiger partial charge in [0.05, 0.1) is 10.5 Å². The summed E-state index contributed by atoms with van der Waals surface area (Å²) >= 11 is 6.41. The minimum absolute atomic E-state index is 0.0590. The summed E-state index contributed by atoms with van der Waals surface area (Å²) in [5.74, 6) is -0.959. The Morgan fingerprint density at radius 3 is 2.70 bits per heavy atom. The van der Waals surface area contributed by atoms with E-state index in [1.54, 1.807) is 12.3 Å².